The molecule has 102 valence electrons. The molecule has 0 aromatic heterocycles. The standard InChI is InChI=1S/C12H15N3O4/c1-4-19-12(16)9(3)13-14-11-6-5-10(15(17)18)7-8(11)2/h5-7,14H,4H2,1-3H3/b13-9-. The van der Waals surface area contributed by atoms with Gasteiger partial charge in [0.05, 0.1) is 17.2 Å². The molecular weight excluding hydrogens is 250 g/mol. The molecule has 0 aliphatic rings. The van der Waals surface area contributed by atoms with E-state index < -0.39 is 10.9 Å². The van der Waals surface area contributed by atoms with Crippen LogP contribution in [0, 0.1) is 17.0 Å². The highest BCUT2D eigenvalue weighted by Gasteiger charge is 2.09. The number of hydrogen-bond acceptors (Lipinski definition) is 6. The third kappa shape index (κ3) is 4.06. The summed E-state index contributed by atoms with van der Waals surface area (Å²) in [6.07, 6.45) is 0. The summed E-state index contributed by atoms with van der Waals surface area (Å²) in [7, 11) is 0. The Balaban J connectivity index is 2.81. The molecule has 1 rings (SSSR count). The monoisotopic (exact) mass is 265 g/mol. The molecule has 0 radical (unpaired) electrons. The van der Waals surface area contributed by atoms with E-state index in [4.69, 9.17) is 4.74 Å². The summed E-state index contributed by atoms with van der Waals surface area (Å²) in [5.41, 5.74) is 4.12. The maximum absolute atomic E-state index is 11.3. The van der Waals surface area contributed by atoms with Crippen LogP contribution in [-0.2, 0) is 9.53 Å². The van der Waals surface area contributed by atoms with E-state index in [9.17, 15) is 14.9 Å². The predicted octanol–water partition coefficient (Wildman–Crippen LogP) is 2.25. The number of nitrogens with zero attached hydrogens (tertiary/aromatic N) is 2. The average molecular weight is 265 g/mol. The third-order valence-electron chi connectivity index (χ3n) is 2.34. The average Bonchev–Trinajstić information content (AvgIpc) is 2.36. The number of ether oxygens (including phenoxy) is 1. The fourth-order valence-corrected chi connectivity index (χ4v) is 1.31. The molecule has 0 bridgehead atoms. The number of aryl methyl sites for hydroxylation is 1. The largest absolute Gasteiger partial charge is 0.461 e. The number of nitro benzene ring substituents is 1. The number of rotatable bonds is 5. The highest BCUT2D eigenvalue weighted by Crippen LogP contribution is 2.21. The second-order valence-electron chi connectivity index (χ2n) is 3.79. The van der Waals surface area contributed by atoms with Crippen LogP contribution in [0.4, 0.5) is 11.4 Å². The van der Waals surface area contributed by atoms with Gasteiger partial charge in [-0.25, -0.2) is 4.79 Å². The predicted molar refractivity (Wildman–Crippen MR) is 71.2 cm³/mol. The molecule has 0 aliphatic heterocycles. The van der Waals surface area contributed by atoms with Gasteiger partial charge in [-0.2, -0.15) is 5.10 Å². The minimum absolute atomic E-state index is 0.00847. The topological polar surface area (TPSA) is 93.8 Å². The maximum atomic E-state index is 11.3. The van der Waals surface area contributed by atoms with E-state index in [0.29, 0.717) is 11.3 Å². The molecule has 7 heteroatoms. The van der Waals surface area contributed by atoms with E-state index in [2.05, 4.69) is 10.5 Å². The molecule has 1 aromatic rings. The Labute approximate surface area is 110 Å². The van der Waals surface area contributed by atoms with Crippen LogP contribution in [0.15, 0.2) is 23.3 Å². The lowest BCUT2D eigenvalue weighted by molar-refractivity contribution is -0.384. The Morgan fingerprint density at radius 2 is 2.21 bits per heavy atom. The number of nitrogens with one attached hydrogen (secondary N) is 1. The normalized spacial score (nSPS) is 11.0. The molecular formula is C12H15N3O4. The fraction of sp³-hybridized carbons (Fsp3) is 0.333. The van der Waals surface area contributed by atoms with Crippen molar-refractivity contribution in [1.82, 2.24) is 0 Å². The van der Waals surface area contributed by atoms with E-state index >= 15 is 0 Å². The number of carbonyl (C=O) groups excluding carboxylic acids is 1. The zero-order valence-electron chi connectivity index (χ0n) is 11.0. The van der Waals surface area contributed by atoms with Crippen LogP contribution in [0.5, 0.6) is 0 Å². The quantitative estimate of drug-likeness (QED) is 0.381. The second-order valence-corrected chi connectivity index (χ2v) is 3.79. The van der Waals surface area contributed by atoms with Gasteiger partial charge in [-0.1, -0.05) is 0 Å². The number of hydrazone groups is 1. The Morgan fingerprint density at radius 3 is 2.74 bits per heavy atom. The van der Waals surface area contributed by atoms with Crippen molar-refractivity contribution in [2.24, 2.45) is 5.10 Å². The molecule has 7 nitrogen and oxygen atoms in total. The summed E-state index contributed by atoms with van der Waals surface area (Å²) < 4.78 is 4.77. The van der Waals surface area contributed by atoms with E-state index in [1.54, 1.807) is 13.8 Å². The van der Waals surface area contributed by atoms with E-state index in [1.165, 1.54) is 25.1 Å². The molecule has 1 aromatic carbocycles. The van der Waals surface area contributed by atoms with E-state index in [0.717, 1.165) is 0 Å². The zero-order valence-corrected chi connectivity index (χ0v) is 11.0. The number of carbonyl (C=O) groups is 1. The number of nitro groups is 1. The van der Waals surface area contributed by atoms with Crippen molar-refractivity contribution >= 4 is 23.1 Å². The Morgan fingerprint density at radius 1 is 1.53 bits per heavy atom. The van der Waals surface area contributed by atoms with Crippen LogP contribution in [-0.4, -0.2) is 23.2 Å². The van der Waals surface area contributed by atoms with Crippen LogP contribution in [0.25, 0.3) is 0 Å². The van der Waals surface area contributed by atoms with Gasteiger partial charge in [0, 0.05) is 12.1 Å². The molecule has 0 heterocycles. The molecule has 0 amide bonds. The van der Waals surface area contributed by atoms with Crippen LogP contribution in [0.3, 0.4) is 0 Å². The highest BCUT2D eigenvalue weighted by molar-refractivity contribution is 6.35. The summed E-state index contributed by atoms with van der Waals surface area (Å²) in [4.78, 5) is 21.4. The first-order valence-corrected chi connectivity index (χ1v) is 5.68. The zero-order chi connectivity index (χ0) is 14.4. The number of hydrogen-bond donors (Lipinski definition) is 1. The van der Waals surface area contributed by atoms with Gasteiger partial charge in [0.15, 0.2) is 0 Å². The van der Waals surface area contributed by atoms with Crippen LogP contribution in [0.2, 0.25) is 0 Å². The van der Waals surface area contributed by atoms with E-state index in [1.807, 2.05) is 0 Å². The number of non-ortho nitro benzene ring substituents is 1. The molecule has 0 spiro atoms. The van der Waals surface area contributed by atoms with Crippen molar-refractivity contribution in [3.05, 3.63) is 33.9 Å². The van der Waals surface area contributed by atoms with Gasteiger partial charge in [-0.05, 0) is 32.4 Å². The Bertz CT molecular complexity index is 526. The lowest BCUT2D eigenvalue weighted by Gasteiger charge is -2.06. The smallest absolute Gasteiger partial charge is 0.354 e. The van der Waals surface area contributed by atoms with Gasteiger partial charge < -0.3 is 4.74 Å². The summed E-state index contributed by atoms with van der Waals surface area (Å²) in [6, 6.07) is 4.33. The third-order valence-corrected chi connectivity index (χ3v) is 2.34. The van der Waals surface area contributed by atoms with Crippen molar-refractivity contribution in [2.45, 2.75) is 20.8 Å². The van der Waals surface area contributed by atoms with Gasteiger partial charge in [-0.15, -0.1) is 0 Å². The van der Waals surface area contributed by atoms with Crippen LogP contribution >= 0.6 is 0 Å². The van der Waals surface area contributed by atoms with Crippen LogP contribution in [0.1, 0.15) is 19.4 Å². The lowest BCUT2D eigenvalue weighted by Crippen LogP contribution is -2.15. The van der Waals surface area contributed by atoms with Gasteiger partial charge in [-0.3, -0.25) is 15.5 Å². The summed E-state index contributed by atoms with van der Waals surface area (Å²) in [5.74, 6) is -0.505. The minimum Gasteiger partial charge on any atom is -0.461 e. The molecule has 1 N–H and O–H groups in total. The molecule has 19 heavy (non-hydrogen) atoms. The summed E-state index contributed by atoms with van der Waals surface area (Å²) >= 11 is 0. The second kappa shape index (κ2) is 6.48. The SMILES string of the molecule is CCOC(=O)/C(C)=N\Nc1ccc([N+](=O)[O-])cc1C. The molecule has 0 saturated heterocycles. The van der Waals surface area contributed by atoms with Crippen molar-refractivity contribution in [1.29, 1.82) is 0 Å². The lowest BCUT2D eigenvalue weighted by atomic mass is 10.2. The Hall–Kier alpha value is -2.44. The van der Waals surface area contributed by atoms with Crippen molar-refractivity contribution < 1.29 is 14.5 Å². The maximum Gasteiger partial charge on any atom is 0.354 e. The van der Waals surface area contributed by atoms with Gasteiger partial charge in [0.2, 0.25) is 0 Å². The summed E-state index contributed by atoms with van der Waals surface area (Å²) in [6.45, 7) is 5.22. The van der Waals surface area contributed by atoms with Crippen molar-refractivity contribution in [3.63, 3.8) is 0 Å². The van der Waals surface area contributed by atoms with Crippen molar-refractivity contribution in [2.75, 3.05) is 12.0 Å². The minimum atomic E-state index is -0.505. The van der Waals surface area contributed by atoms with Gasteiger partial charge >= 0.3 is 5.97 Å². The first kappa shape index (κ1) is 14.6. The summed E-state index contributed by atoms with van der Waals surface area (Å²) in [5, 5.41) is 14.5. The van der Waals surface area contributed by atoms with Crippen LogP contribution < -0.4 is 5.43 Å². The first-order valence-electron chi connectivity index (χ1n) is 5.68. The number of benzene rings is 1. The van der Waals surface area contributed by atoms with Gasteiger partial charge in [0.25, 0.3) is 5.69 Å². The number of anilines is 1. The van der Waals surface area contributed by atoms with E-state index in [-0.39, 0.29) is 18.0 Å². The fourth-order valence-electron chi connectivity index (χ4n) is 1.31. The number of esters is 1. The highest BCUT2D eigenvalue weighted by atomic mass is 16.6. The molecule has 0 saturated carbocycles. The molecule has 0 aliphatic carbocycles. The first-order chi connectivity index (χ1) is 8.95. The molecule has 0 atom stereocenters. The Kier molecular flexibility index (Phi) is 4.99. The molecule has 0 fully saturated rings. The molecule has 0 unspecified atom stereocenters. The van der Waals surface area contributed by atoms with Gasteiger partial charge in [0.1, 0.15) is 5.71 Å². The van der Waals surface area contributed by atoms with Crippen molar-refractivity contribution in [3.8, 4) is 0 Å².